The summed E-state index contributed by atoms with van der Waals surface area (Å²) < 4.78 is 46.0. The van der Waals surface area contributed by atoms with E-state index >= 15 is 0 Å². The molecule has 3 heterocycles. The Bertz CT molecular complexity index is 969. The molecule has 6 nitrogen and oxygen atoms in total. The Morgan fingerprint density at radius 2 is 1.94 bits per heavy atom. The monoisotopic (exact) mass is 495 g/mol. The van der Waals surface area contributed by atoms with Crippen LogP contribution in [0.1, 0.15) is 62.8 Å². The molecule has 0 radical (unpaired) electrons. The van der Waals surface area contributed by atoms with Gasteiger partial charge in [0.1, 0.15) is 5.56 Å². The van der Waals surface area contributed by atoms with Gasteiger partial charge in [-0.2, -0.15) is 17.9 Å². The van der Waals surface area contributed by atoms with Crippen molar-refractivity contribution in [2.75, 3.05) is 26.8 Å². The predicted octanol–water partition coefficient (Wildman–Crippen LogP) is 3.78. The van der Waals surface area contributed by atoms with E-state index in [1.54, 1.807) is 4.90 Å². The third-order valence-electron chi connectivity index (χ3n) is 9.46. The Balaban J connectivity index is 1.35. The van der Waals surface area contributed by atoms with Gasteiger partial charge in [0.25, 0.3) is 0 Å². The Kier molecular flexibility index (Phi) is 6.31. The van der Waals surface area contributed by atoms with Gasteiger partial charge in [-0.1, -0.05) is 13.8 Å². The van der Waals surface area contributed by atoms with Crippen LogP contribution in [-0.4, -0.2) is 54.6 Å². The summed E-state index contributed by atoms with van der Waals surface area (Å²) in [6, 6.07) is 1.85. The number of rotatable bonds is 4. The van der Waals surface area contributed by atoms with Crippen LogP contribution in [0.25, 0.3) is 0 Å². The van der Waals surface area contributed by atoms with E-state index in [0.717, 1.165) is 38.5 Å². The smallest absolute Gasteiger partial charge is 0.422 e. The normalized spacial score (nSPS) is 33.0. The molecule has 1 aromatic heterocycles. The molecule has 2 aliphatic heterocycles. The Hall–Kier alpha value is -1.87. The van der Waals surface area contributed by atoms with E-state index in [4.69, 9.17) is 4.74 Å². The number of fused-ring (bicyclic) bond motifs is 3. The van der Waals surface area contributed by atoms with Gasteiger partial charge in [-0.15, -0.1) is 0 Å². The predicted molar refractivity (Wildman–Crippen MR) is 123 cm³/mol. The maximum atomic E-state index is 14.0. The quantitative estimate of drug-likeness (QED) is 0.471. The summed E-state index contributed by atoms with van der Waals surface area (Å²) in [6.45, 7) is 6.23. The van der Waals surface area contributed by atoms with Crippen LogP contribution in [0.4, 0.5) is 13.2 Å². The van der Waals surface area contributed by atoms with E-state index in [9.17, 15) is 23.2 Å². The number of amides is 1. The van der Waals surface area contributed by atoms with Crippen molar-refractivity contribution < 1.29 is 27.4 Å². The molecule has 1 aromatic rings. The van der Waals surface area contributed by atoms with Crippen LogP contribution in [0.5, 0.6) is 0 Å². The van der Waals surface area contributed by atoms with Crippen molar-refractivity contribution in [3.63, 3.8) is 0 Å². The van der Waals surface area contributed by atoms with Gasteiger partial charge in [0.15, 0.2) is 11.9 Å². The molecular formula is C26H36F3N3O3. The first-order chi connectivity index (χ1) is 16.5. The number of hydrogen-bond donors (Lipinski definition) is 0. The first-order valence-electron chi connectivity index (χ1n) is 12.9. The van der Waals surface area contributed by atoms with Crippen LogP contribution in [0.3, 0.4) is 0 Å². The summed E-state index contributed by atoms with van der Waals surface area (Å²) in [7, 11) is 2.20. The average molecular weight is 496 g/mol. The van der Waals surface area contributed by atoms with Gasteiger partial charge in [0.2, 0.25) is 5.91 Å². The number of hydrogen-bond acceptors (Lipinski definition) is 4. The van der Waals surface area contributed by atoms with Gasteiger partial charge in [0, 0.05) is 24.2 Å². The van der Waals surface area contributed by atoms with E-state index < -0.39 is 17.2 Å². The first-order valence-corrected chi connectivity index (χ1v) is 12.9. The minimum Gasteiger partial charge on any atom is -0.618 e. The van der Waals surface area contributed by atoms with Crippen LogP contribution in [0, 0.1) is 28.4 Å². The summed E-state index contributed by atoms with van der Waals surface area (Å²) in [6.07, 6.45) is 1.17. The first kappa shape index (κ1) is 24.8. The topological polar surface area (TPSA) is 59.7 Å². The van der Waals surface area contributed by atoms with Gasteiger partial charge in [-0.05, 0) is 63.0 Å². The van der Waals surface area contributed by atoms with Crippen molar-refractivity contribution in [1.29, 1.82) is 0 Å². The average Bonchev–Trinajstić information content (AvgIpc) is 3.37. The van der Waals surface area contributed by atoms with Crippen LogP contribution in [-0.2, 0) is 28.7 Å². The van der Waals surface area contributed by atoms with Crippen molar-refractivity contribution in [3.8, 4) is 0 Å². The fourth-order valence-corrected chi connectivity index (χ4v) is 7.39. The lowest BCUT2D eigenvalue weighted by Gasteiger charge is -2.42. The number of alkyl halides is 3. The van der Waals surface area contributed by atoms with Gasteiger partial charge in [0.05, 0.1) is 31.6 Å². The Morgan fingerprint density at radius 3 is 2.57 bits per heavy atom. The Morgan fingerprint density at radius 1 is 1.26 bits per heavy atom. The van der Waals surface area contributed by atoms with Crippen molar-refractivity contribution in [2.24, 2.45) is 23.2 Å². The lowest BCUT2D eigenvalue weighted by atomic mass is 9.73. The molecule has 4 aliphatic rings. The van der Waals surface area contributed by atoms with E-state index in [2.05, 4.69) is 25.8 Å². The highest BCUT2D eigenvalue weighted by Crippen LogP contribution is 2.50. The molecule has 0 spiro atoms. The molecule has 2 aliphatic carbocycles. The summed E-state index contributed by atoms with van der Waals surface area (Å²) in [4.78, 5) is 18.2. The summed E-state index contributed by atoms with van der Waals surface area (Å²) in [5.41, 5.74) is -0.860. The molecule has 9 heteroatoms. The molecule has 194 valence electrons. The zero-order chi connectivity index (χ0) is 25.1. The summed E-state index contributed by atoms with van der Waals surface area (Å²) >= 11 is 0. The second-order valence-corrected chi connectivity index (χ2v) is 11.5. The third-order valence-corrected chi connectivity index (χ3v) is 9.46. The highest BCUT2D eigenvalue weighted by molar-refractivity contribution is 5.83. The maximum absolute atomic E-state index is 14.0. The number of pyridine rings is 1. The number of aromatic nitrogens is 1. The minimum absolute atomic E-state index is 0.0267. The molecule has 35 heavy (non-hydrogen) atoms. The van der Waals surface area contributed by atoms with Crippen molar-refractivity contribution in [1.82, 2.24) is 9.80 Å². The number of nitrogens with zero attached hydrogens (tertiary/aromatic N) is 3. The number of carbonyl (C=O) groups is 1. The lowest BCUT2D eigenvalue weighted by molar-refractivity contribution is -0.616. The third kappa shape index (κ3) is 4.22. The fourth-order valence-electron chi connectivity index (χ4n) is 7.39. The van der Waals surface area contributed by atoms with Crippen LogP contribution < -0.4 is 4.73 Å². The van der Waals surface area contributed by atoms with Crippen LogP contribution in [0.15, 0.2) is 12.3 Å². The van der Waals surface area contributed by atoms with Crippen molar-refractivity contribution in [2.45, 2.75) is 77.2 Å². The zero-order valence-corrected chi connectivity index (χ0v) is 20.8. The number of halogens is 3. The molecule has 2 bridgehead atoms. The van der Waals surface area contributed by atoms with E-state index in [1.807, 2.05) is 0 Å². The molecule has 1 saturated heterocycles. The molecule has 0 aromatic carbocycles. The van der Waals surface area contributed by atoms with E-state index in [0.29, 0.717) is 52.6 Å². The molecule has 2 saturated carbocycles. The van der Waals surface area contributed by atoms with Gasteiger partial charge in [-0.25, -0.2) is 0 Å². The van der Waals surface area contributed by atoms with Crippen LogP contribution in [0.2, 0.25) is 0 Å². The second-order valence-electron chi connectivity index (χ2n) is 11.5. The highest BCUT2D eigenvalue weighted by Gasteiger charge is 2.53. The standard InChI is InChI=1S/C26H36F3N3O3/c1-16(2)25(8-6-21(11-25)30(3)23-17-4-5-18(23)15-35-14-17)24(33)31-9-7-22-19(12-31)10-20(13-32(22)34)26(27,28)29/h10,13,16-18,21,23H,4-9,11-12,14-15H2,1-3H3. The molecule has 1 amide bonds. The molecule has 4 atom stereocenters. The zero-order valence-electron chi connectivity index (χ0n) is 20.8. The minimum atomic E-state index is -4.60. The molecule has 0 N–H and O–H groups in total. The van der Waals surface area contributed by atoms with Crippen molar-refractivity contribution >= 4 is 5.91 Å². The molecule has 5 rings (SSSR count). The summed E-state index contributed by atoms with van der Waals surface area (Å²) in [5, 5.41) is 12.3. The molecular weight excluding hydrogens is 459 g/mol. The van der Waals surface area contributed by atoms with Gasteiger partial charge < -0.3 is 14.8 Å². The van der Waals surface area contributed by atoms with Gasteiger partial charge >= 0.3 is 6.18 Å². The fraction of sp³-hybridized carbons (Fsp3) is 0.769. The number of carbonyl (C=O) groups excluding carboxylic acids is 1. The van der Waals surface area contributed by atoms with E-state index in [-0.39, 0.29) is 24.8 Å². The largest absolute Gasteiger partial charge is 0.618 e. The molecule has 3 fully saturated rings. The second kappa shape index (κ2) is 8.91. The maximum Gasteiger partial charge on any atom is 0.422 e. The lowest BCUT2D eigenvalue weighted by Crippen LogP contribution is -2.52. The number of ether oxygens (including phenoxy) is 1. The van der Waals surface area contributed by atoms with Crippen LogP contribution >= 0.6 is 0 Å². The highest BCUT2D eigenvalue weighted by atomic mass is 19.4. The van der Waals surface area contributed by atoms with Crippen molar-refractivity contribution in [3.05, 3.63) is 34.3 Å². The van der Waals surface area contributed by atoms with Gasteiger partial charge in [-0.3, -0.25) is 9.69 Å². The van der Waals surface area contributed by atoms with E-state index in [1.165, 1.54) is 12.8 Å². The SMILES string of the molecule is CC(C)C1(C(=O)N2CCc3c(cc(C(F)(F)F)c[n+]3[O-])C2)CCC(N(C)C2C3CCC2COC3)C1. The summed E-state index contributed by atoms with van der Waals surface area (Å²) in [5.74, 6) is 1.26. The molecule has 4 unspecified atom stereocenters. The Labute approximate surface area is 205 Å².